The molecule has 0 bridgehead atoms. The highest BCUT2D eigenvalue weighted by atomic mass is 35.5. The number of ether oxygens (including phenoxy) is 1. The number of nitrogen functional groups attached to an aromatic ring is 1. The fourth-order valence-electron chi connectivity index (χ4n) is 1.63. The van der Waals surface area contributed by atoms with Crippen LogP contribution in [0.1, 0.15) is 11.4 Å². The molecule has 1 aromatic carbocycles. The number of benzene rings is 1. The van der Waals surface area contributed by atoms with Crippen LogP contribution in [0.5, 0.6) is 0 Å². The van der Waals surface area contributed by atoms with Crippen LogP contribution in [0.2, 0.25) is 5.02 Å². The molecule has 0 aliphatic heterocycles. The molecular weight excluding hydrogens is 226 g/mol. The fourth-order valence-corrected chi connectivity index (χ4v) is 1.90. The molecule has 0 amide bonds. The summed E-state index contributed by atoms with van der Waals surface area (Å²) in [5.41, 5.74) is 7.66. The third-order valence-electron chi connectivity index (χ3n) is 2.31. The van der Waals surface area contributed by atoms with Gasteiger partial charge >= 0.3 is 0 Å². The Balaban J connectivity index is 2.71. The predicted octanol–water partition coefficient (Wildman–Crippen LogP) is 2.32. The van der Waals surface area contributed by atoms with Crippen LogP contribution in [0.4, 0.5) is 5.82 Å². The van der Waals surface area contributed by atoms with E-state index in [0.29, 0.717) is 23.3 Å². The number of nitrogens with zero attached hydrogens (tertiary/aromatic N) is 2. The second-order valence-corrected chi connectivity index (χ2v) is 4.01. The van der Waals surface area contributed by atoms with Gasteiger partial charge in [0.15, 0.2) is 5.82 Å². The van der Waals surface area contributed by atoms with Crippen LogP contribution in [0.3, 0.4) is 0 Å². The monoisotopic (exact) mass is 237 g/mol. The summed E-state index contributed by atoms with van der Waals surface area (Å²) in [6, 6.07) is 3.63. The molecule has 0 unspecified atom stereocenters. The molecule has 2 aromatic rings. The van der Waals surface area contributed by atoms with Crippen molar-refractivity contribution in [2.24, 2.45) is 0 Å². The SMILES string of the molecule is COCc1nc(N)c2cc(Cl)cc(C)c2n1. The molecule has 16 heavy (non-hydrogen) atoms. The lowest BCUT2D eigenvalue weighted by atomic mass is 10.1. The van der Waals surface area contributed by atoms with Gasteiger partial charge in [-0.15, -0.1) is 0 Å². The molecule has 2 N–H and O–H groups in total. The van der Waals surface area contributed by atoms with Crippen molar-refractivity contribution in [1.82, 2.24) is 9.97 Å². The first-order chi connectivity index (χ1) is 7.61. The van der Waals surface area contributed by atoms with Crippen molar-refractivity contribution in [2.45, 2.75) is 13.5 Å². The zero-order valence-corrected chi connectivity index (χ0v) is 9.88. The summed E-state index contributed by atoms with van der Waals surface area (Å²) >= 11 is 5.96. The molecule has 84 valence electrons. The molecule has 0 aliphatic rings. The number of nitrogens with two attached hydrogens (primary N) is 1. The molecule has 0 atom stereocenters. The first-order valence-electron chi connectivity index (χ1n) is 4.83. The summed E-state index contributed by atoms with van der Waals surface area (Å²) in [5, 5.41) is 1.42. The number of hydrogen-bond donors (Lipinski definition) is 1. The summed E-state index contributed by atoms with van der Waals surface area (Å²) in [7, 11) is 1.60. The quantitative estimate of drug-likeness (QED) is 0.871. The van der Waals surface area contributed by atoms with E-state index in [0.717, 1.165) is 16.5 Å². The van der Waals surface area contributed by atoms with Crippen molar-refractivity contribution in [2.75, 3.05) is 12.8 Å². The van der Waals surface area contributed by atoms with Crippen LogP contribution in [0.15, 0.2) is 12.1 Å². The Hall–Kier alpha value is -1.39. The maximum atomic E-state index is 5.96. The molecule has 4 nitrogen and oxygen atoms in total. The van der Waals surface area contributed by atoms with Gasteiger partial charge in [-0.25, -0.2) is 9.97 Å². The van der Waals surface area contributed by atoms with E-state index in [2.05, 4.69) is 9.97 Å². The van der Waals surface area contributed by atoms with Crippen LogP contribution in [-0.2, 0) is 11.3 Å². The highest BCUT2D eigenvalue weighted by Gasteiger charge is 2.08. The first-order valence-corrected chi connectivity index (χ1v) is 5.21. The minimum atomic E-state index is 0.349. The standard InChI is InChI=1S/C11H12ClN3O/c1-6-3-7(12)4-8-10(6)14-9(5-16-2)15-11(8)13/h3-4H,5H2,1-2H3,(H2,13,14,15). The van der Waals surface area contributed by atoms with Crippen molar-refractivity contribution in [3.63, 3.8) is 0 Å². The normalized spacial score (nSPS) is 10.9. The van der Waals surface area contributed by atoms with Crippen molar-refractivity contribution in [3.8, 4) is 0 Å². The predicted molar refractivity (Wildman–Crippen MR) is 64.4 cm³/mol. The Morgan fingerprint density at radius 1 is 1.38 bits per heavy atom. The summed E-state index contributed by atoms with van der Waals surface area (Å²) < 4.78 is 4.99. The van der Waals surface area contributed by atoms with Gasteiger partial charge in [0.1, 0.15) is 12.4 Å². The number of hydrogen-bond acceptors (Lipinski definition) is 4. The lowest BCUT2D eigenvalue weighted by molar-refractivity contribution is 0.178. The fraction of sp³-hybridized carbons (Fsp3) is 0.273. The number of anilines is 1. The van der Waals surface area contributed by atoms with Crippen molar-refractivity contribution < 1.29 is 4.74 Å². The molecule has 2 rings (SSSR count). The number of aromatic nitrogens is 2. The van der Waals surface area contributed by atoms with Gasteiger partial charge in [0.25, 0.3) is 0 Å². The van der Waals surface area contributed by atoms with Crippen LogP contribution >= 0.6 is 11.6 Å². The lowest BCUT2D eigenvalue weighted by Gasteiger charge is -2.07. The number of fused-ring (bicyclic) bond motifs is 1. The van der Waals surface area contributed by atoms with Gasteiger partial charge in [0.05, 0.1) is 5.52 Å². The van der Waals surface area contributed by atoms with Crippen LogP contribution in [-0.4, -0.2) is 17.1 Å². The molecule has 0 fully saturated rings. The Bertz CT molecular complexity index is 542. The van der Waals surface area contributed by atoms with Crippen LogP contribution < -0.4 is 5.73 Å². The van der Waals surface area contributed by atoms with Gasteiger partial charge in [-0.1, -0.05) is 11.6 Å². The van der Waals surface area contributed by atoms with E-state index < -0.39 is 0 Å². The molecule has 0 spiro atoms. The Morgan fingerprint density at radius 3 is 2.81 bits per heavy atom. The minimum absolute atomic E-state index is 0.349. The molecule has 0 saturated heterocycles. The number of halogens is 1. The molecule has 1 aromatic heterocycles. The summed E-state index contributed by atoms with van der Waals surface area (Å²) in [6.45, 7) is 2.29. The Labute approximate surface area is 98.4 Å². The van der Waals surface area contributed by atoms with E-state index in [-0.39, 0.29) is 0 Å². The van der Waals surface area contributed by atoms with E-state index in [1.54, 1.807) is 13.2 Å². The van der Waals surface area contributed by atoms with Gasteiger partial charge in [0.2, 0.25) is 0 Å². The molecular formula is C11H12ClN3O. The molecule has 0 radical (unpaired) electrons. The highest BCUT2D eigenvalue weighted by Crippen LogP contribution is 2.25. The summed E-state index contributed by atoms with van der Waals surface area (Å²) in [5.74, 6) is 1.01. The zero-order valence-electron chi connectivity index (χ0n) is 9.12. The minimum Gasteiger partial charge on any atom is -0.383 e. The van der Waals surface area contributed by atoms with Gasteiger partial charge < -0.3 is 10.5 Å². The van der Waals surface area contributed by atoms with Gasteiger partial charge in [-0.2, -0.15) is 0 Å². The van der Waals surface area contributed by atoms with E-state index in [1.165, 1.54) is 0 Å². The van der Waals surface area contributed by atoms with Gasteiger partial charge in [-0.3, -0.25) is 0 Å². The molecule has 5 heteroatoms. The summed E-state index contributed by atoms with van der Waals surface area (Å²) in [6.07, 6.45) is 0. The second kappa shape index (κ2) is 4.23. The Kier molecular flexibility index (Phi) is 2.94. The highest BCUT2D eigenvalue weighted by molar-refractivity contribution is 6.31. The van der Waals surface area contributed by atoms with Crippen molar-refractivity contribution >= 4 is 28.3 Å². The van der Waals surface area contributed by atoms with E-state index in [1.807, 2.05) is 13.0 Å². The van der Waals surface area contributed by atoms with E-state index >= 15 is 0 Å². The number of rotatable bonds is 2. The average molecular weight is 238 g/mol. The summed E-state index contributed by atoms with van der Waals surface area (Å²) in [4.78, 5) is 8.55. The van der Waals surface area contributed by atoms with Gasteiger partial charge in [-0.05, 0) is 24.6 Å². The number of aryl methyl sites for hydroxylation is 1. The lowest BCUT2D eigenvalue weighted by Crippen LogP contribution is -2.03. The third-order valence-corrected chi connectivity index (χ3v) is 2.52. The zero-order chi connectivity index (χ0) is 11.7. The second-order valence-electron chi connectivity index (χ2n) is 3.58. The van der Waals surface area contributed by atoms with E-state index in [4.69, 9.17) is 22.1 Å². The number of methoxy groups -OCH3 is 1. The maximum absolute atomic E-state index is 5.96. The maximum Gasteiger partial charge on any atom is 0.157 e. The third kappa shape index (κ3) is 1.94. The Morgan fingerprint density at radius 2 is 2.12 bits per heavy atom. The van der Waals surface area contributed by atoms with Crippen molar-refractivity contribution in [3.05, 3.63) is 28.5 Å². The average Bonchev–Trinajstić information content (AvgIpc) is 2.20. The first kappa shape index (κ1) is 11.1. The molecule has 1 heterocycles. The van der Waals surface area contributed by atoms with Gasteiger partial charge in [0, 0.05) is 17.5 Å². The molecule has 0 saturated carbocycles. The van der Waals surface area contributed by atoms with Crippen LogP contribution in [0, 0.1) is 6.92 Å². The van der Waals surface area contributed by atoms with Crippen LogP contribution in [0.25, 0.3) is 10.9 Å². The topological polar surface area (TPSA) is 61.0 Å². The molecule has 0 aliphatic carbocycles. The largest absolute Gasteiger partial charge is 0.383 e. The smallest absolute Gasteiger partial charge is 0.157 e. The van der Waals surface area contributed by atoms with E-state index in [9.17, 15) is 0 Å². The van der Waals surface area contributed by atoms with Crippen molar-refractivity contribution in [1.29, 1.82) is 0 Å².